The van der Waals surface area contributed by atoms with Crippen molar-refractivity contribution in [3.63, 3.8) is 0 Å². The van der Waals surface area contributed by atoms with E-state index in [9.17, 15) is 0 Å². The third kappa shape index (κ3) is 9960. The zero-order valence-corrected chi connectivity index (χ0v) is 4.33. The Morgan fingerprint density at radius 3 is 1.14 bits per heavy atom. The fourth-order valence-corrected chi connectivity index (χ4v) is 0. The van der Waals surface area contributed by atoms with Crippen LogP contribution in [0.3, 0.4) is 0 Å². The maximum absolute atomic E-state index is 7.17. The van der Waals surface area contributed by atoms with Crippen molar-refractivity contribution in [3.8, 4) is 0 Å². The Morgan fingerprint density at radius 2 is 1.14 bits per heavy atom. The van der Waals surface area contributed by atoms with Crippen LogP contribution in [0, 0.1) is 0 Å². The fourth-order valence-electron chi connectivity index (χ4n) is 0. The lowest BCUT2D eigenvalue weighted by Crippen LogP contribution is -2.07. The van der Waals surface area contributed by atoms with Gasteiger partial charge in [0.15, 0.2) is 0 Å². The molecule has 0 bridgehead atoms. The van der Waals surface area contributed by atoms with Crippen LogP contribution in [-0.4, -0.2) is 36.6 Å². The lowest BCUT2D eigenvalue weighted by atomic mass is 10.3. The lowest BCUT2D eigenvalue weighted by Gasteiger charge is -1.69. The molecule has 0 aliphatic carbocycles. The van der Waals surface area contributed by atoms with Gasteiger partial charge in [0.1, 0.15) is 0 Å². The highest BCUT2D eigenvalue weighted by Crippen LogP contribution is 1.40. The van der Waals surface area contributed by atoms with Gasteiger partial charge in [-0.2, -0.15) is 0 Å². The third-order valence-corrected chi connectivity index (χ3v) is 0. The van der Waals surface area contributed by atoms with E-state index in [-0.39, 0.29) is 0 Å². The first-order valence-corrected chi connectivity index (χ1v) is 1.59. The van der Waals surface area contributed by atoms with Gasteiger partial charge in [-0.05, 0) is 0 Å². The van der Waals surface area contributed by atoms with Crippen molar-refractivity contribution < 1.29 is 19.8 Å². The Morgan fingerprint density at radius 1 is 1.14 bits per heavy atom. The summed E-state index contributed by atoms with van der Waals surface area (Å²) in [6.45, 7) is 0. The highest BCUT2D eigenvalue weighted by Gasteiger charge is 1.92. The average Bonchev–Trinajstić information content (AvgIpc) is 1.33. The molecule has 0 aliphatic rings. The average molecular weight is 108 g/mol. The van der Waals surface area contributed by atoms with E-state index in [1.807, 2.05) is 0 Å². The molecule has 0 saturated heterocycles. The molecule has 0 heterocycles. The molecule has 0 saturated carbocycles. The first-order chi connectivity index (χ1) is 3.15. The van der Waals surface area contributed by atoms with Gasteiger partial charge in [0.05, 0.1) is 0 Å². The van der Waals surface area contributed by atoms with Gasteiger partial charge >= 0.3 is 7.32 Å². The maximum atomic E-state index is 7.17. The van der Waals surface area contributed by atoms with Crippen LogP contribution in [-0.2, 0) is 4.74 Å². The van der Waals surface area contributed by atoms with Gasteiger partial charge in [0, 0.05) is 14.2 Å². The van der Waals surface area contributed by atoms with E-state index in [0.29, 0.717) is 0 Å². The van der Waals surface area contributed by atoms with E-state index in [0.717, 1.165) is 0 Å². The molecule has 0 aromatic rings. The first kappa shape index (κ1) is 10.0. The number of ether oxygens (including phenoxy) is 1. The van der Waals surface area contributed by atoms with Crippen molar-refractivity contribution in [2.45, 2.75) is 0 Å². The number of methoxy groups -OCH3 is 1. The van der Waals surface area contributed by atoms with E-state index in [2.05, 4.69) is 4.74 Å². The van der Waals surface area contributed by atoms with Crippen LogP contribution >= 0.6 is 0 Å². The zero-order chi connectivity index (χ0) is 6.28. The predicted octanol–water partition coefficient (Wildman–Crippen LogP) is -1.79. The second-order valence-corrected chi connectivity index (χ2v) is 0.755. The summed E-state index contributed by atoms with van der Waals surface area (Å²) in [5, 5.41) is 21.5. The van der Waals surface area contributed by atoms with E-state index in [1.165, 1.54) is 0 Å². The summed E-state index contributed by atoms with van der Waals surface area (Å²) in [7, 11) is 1.08. The molecule has 7 heavy (non-hydrogen) atoms. The van der Waals surface area contributed by atoms with Gasteiger partial charge in [0.2, 0.25) is 0 Å². The van der Waals surface area contributed by atoms with E-state index < -0.39 is 7.32 Å². The lowest BCUT2D eigenvalue weighted by molar-refractivity contribution is 0.277. The van der Waals surface area contributed by atoms with Crippen molar-refractivity contribution in [1.29, 1.82) is 0 Å². The topological polar surface area (TPSA) is 69.9 Å². The number of hydrogen-bond donors (Lipinski definition) is 3. The monoisotopic (exact) mass is 108 g/mol. The van der Waals surface area contributed by atoms with Crippen molar-refractivity contribution in [2.24, 2.45) is 0 Å². The molecule has 0 aromatic heterocycles. The molecule has 4 nitrogen and oxygen atoms in total. The molecule has 0 fully saturated rings. The highest BCUT2D eigenvalue weighted by molar-refractivity contribution is 6.30. The number of rotatable bonds is 0. The molecular weight excluding hydrogens is 98.8 g/mol. The maximum Gasteiger partial charge on any atom is 0.631 e. The molecule has 0 radical (unpaired) electrons. The van der Waals surface area contributed by atoms with Crippen LogP contribution in [0.2, 0.25) is 0 Å². The molecule has 0 spiro atoms. The predicted molar refractivity (Wildman–Crippen MR) is 25.3 cm³/mol. The van der Waals surface area contributed by atoms with Crippen LogP contribution in [0.5, 0.6) is 0 Å². The molecule has 44 valence electrons. The molecule has 0 aromatic carbocycles. The van der Waals surface area contributed by atoms with Crippen LogP contribution < -0.4 is 0 Å². The minimum absolute atomic E-state index is 1.62. The molecule has 0 amide bonds. The van der Waals surface area contributed by atoms with Crippen molar-refractivity contribution in [1.82, 2.24) is 0 Å². The Kier molecular flexibility index (Phi) is 13.3. The van der Waals surface area contributed by atoms with Gasteiger partial charge in [-0.25, -0.2) is 0 Å². The Balaban J connectivity index is 0. The molecule has 0 rings (SSSR count). The molecule has 3 N–H and O–H groups in total. The molecule has 5 heteroatoms. The van der Waals surface area contributed by atoms with Crippen LogP contribution in [0.25, 0.3) is 0 Å². The summed E-state index contributed by atoms with van der Waals surface area (Å²) in [5.74, 6) is 0. The Hall–Kier alpha value is -0.0951. The molecule has 0 atom stereocenters. The SMILES string of the molecule is COC.OB(O)O. The van der Waals surface area contributed by atoms with Crippen molar-refractivity contribution in [2.75, 3.05) is 14.2 Å². The fraction of sp³-hybridized carbons (Fsp3) is 1.00. The highest BCUT2D eigenvalue weighted by atomic mass is 16.5. The van der Waals surface area contributed by atoms with Gasteiger partial charge in [0.25, 0.3) is 0 Å². The third-order valence-electron chi connectivity index (χ3n) is 0. The first-order valence-electron chi connectivity index (χ1n) is 1.59. The minimum Gasteiger partial charge on any atom is -0.402 e. The van der Waals surface area contributed by atoms with Crippen molar-refractivity contribution in [3.05, 3.63) is 0 Å². The summed E-state index contributed by atoms with van der Waals surface area (Å²) in [4.78, 5) is 0. The summed E-state index contributed by atoms with van der Waals surface area (Å²) in [5.41, 5.74) is 0. The van der Waals surface area contributed by atoms with Crippen LogP contribution in [0.4, 0.5) is 0 Å². The second kappa shape index (κ2) is 9.32. The Labute approximate surface area is 42.5 Å². The van der Waals surface area contributed by atoms with Crippen LogP contribution in [0.15, 0.2) is 0 Å². The quantitative estimate of drug-likeness (QED) is 0.320. The normalized spacial score (nSPS) is 6.43. The Bertz CT molecular complexity index is 20.9. The molecule has 0 unspecified atom stereocenters. The van der Waals surface area contributed by atoms with E-state index in [4.69, 9.17) is 15.1 Å². The summed E-state index contributed by atoms with van der Waals surface area (Å²) in [6, 6.07) is 0. The van der Waals surface area contributed by atoms with Gasteiger partial charge in [-0.1, -0.05) is 0 Å². The molecule has 0 aliphatic heterocycles. The number of hydrogen-bond acceptors (Lipinski definition) is 4. The standard InChI is InChI=1S/C2H6O.BH3O3/c1-3-2;2-1(3)4/h1-2H3;2-4H. The minimum atomic E-state index is -2.17. The smallest absolute Gasteiger partial charge is 0.402 e. The summed E-state index contributed by atoms with van der Waals surface area (Å²) in [6.07, 6.45) is 0. The van der Waals surface area contributed by atoms with Crippen LogP contribution in [0.1, 0.15) is 0 Å². The van der Waals surface area contributed by atoms with Gasteiger partial charge in [-0.3, -0.25) is 0 Å². The van der Waals surface area contributed by atoms with Gasteiger partial charge < -0.3 is 19.8 Å². The second-order valence-electron chi connectivity index (χ2n) is 0.755. The van der Waals surface area contributed by atoms with Gasteiger partial charge in [-0.15, -0.1) is 0 Å². The zero-order valence-electron chi connectivity index (χ0n) is 4.33. The van der Waals surface area contributed by atoms with E-state index >= 15 is 0 Å². The largest absolute Gasteiger partial charge is 0.631 e. The summed E-state index contributed by atoms with van der Waals surface area (Å²) >= 11 is 0. The summed E-state index contributed by atoms with van der Waals surface area (Å²) < 4.78 is 4.25. The molecular formula is C2H9BO4. The van der Waals surface area contributed by atoms with E-state index in [1.54, 1.807) is 14.2 Å². The van der Waals surface area contributed by atoms with Crippen molar-refractivity contribution >= 4 is 7.32 Å².